The van der Waals surface area contributed by atoms with E-state index in [2.05, 4.69) is 20.0 Å². The van der Waals surface area contributed by atoms with Crippen LogP contribution in [0.25, 0.3) is 11.4 Å². The number of hydrogen-bond donors (Lipinski definition) is 2. The number of hydrogen-bond acceptors (Lipinski definition) is 6. The number of unbranched alkanes of at least 4 members (excludes halogenated alkanes) is 1. The van der Waals surface area contributed by atoms with Crippen molar-refractivity contribution in [2.24, 2.45) is 0 Å². The molecule has 0 spiro atoms. The smallest absolute Gasteiger partial charge is 0.254 e. The summed E-state index contributed by atoms with van der Waals surface area (Å²) in [6, 6.07) is 12.2. The molecule has 0 saturated carbocycles. The second-order valence-electron chi connectivity index (χ2n) is 7.23. The third kappa shape index (κ3) is 7.14. The molecule has 0 radical (unpaired) electrons. The number of benzene rings is 2. The number of nitrogens with one attached hydrogen (secondary N) is 2. The molecule has 8 nitrogen and oxygen atoms in total. The van der Waals surface area contributed by atoms with Gasteiger partial charge in [0.05, 0.1) is 10.5 Å². The number of sulfonamides is 1. The van der Waals surface area contributed by atoms with E-state index >= 15 is 0 Å². The first-order valence-corrected chi connectivity index (χ1v) is 11.8. The summed E-state index contributed by atoms with van der Waals surface area (Å²) >= 11 is 0. The summed E-state index contributed by atoms with van der Waals surface area (Å²) in [7, 11) is -2.04. The number of methoxy groups -OCH3 is 1. The fourth-order valence-corrected chi connectivity index (χ4v) is 4.13. The molecular weight excluding hydrogens is 447 g/mol. The molecule has 0 unspecified atom stereocenters. The second kappa shape index (κ2) is 11.6. The fourth-order valence-electron chi connectivity index (χ4n) is 2.99. The van der Waals surface area contributed by atoms with Crippen LogP contribution >= 0.6 is 0 Å². The van der Waals surface area contributed by atoms with Crippen LogP contribution in [0.3, 0.4) is 0 Å². The van der Waals surface area contributed by atoms with E-state index in [-0.39, 0.29) is 17.0 Å². The van der Waals surface area contributed by atoms with Gasteiger partial charge in [0.2, 0.25) is 10.0 Å². The Bertz CT molecular complexity index is 1190. The minimum Gasteiger partial charge on any atom is -0.385 e. The quantitative estimate of drug-likeness (QED) is 0.415. The van der Waals surface area contributed by atoms with Crippen LogP contribution in [-0.2, 0) is 21.3 Å². The van der Waals surface area contributed by atoms with Crippen LogP contribution < -0.4 is 10.0 Å². The molecule has 3 aromatic rings. The lowest BCUT2D eigenvalue weighted by molar-refractivity contribution is 0.0950. The zero-order valence-corrected chi connectivity index (χ0v) is 18.9. The lowest BCUT2D eigenvalue weighted by Gasteiger charge is -2.09. The predicted molar refractivity (Wildman–Crippen MR) is 121 cm³/mol. The van der Waals surface area contributed by atoms with Gasteiger partial charge in [-0.15, -0.1) is 0 Å². The first-order valence-electron chi connectivity index (χ1n) is 10.3. The SMILES string of the molecule is COCCCCNS(=O)(=O)c1cccc(CNC(=O)c2cnc(-c3cccc(F)c3)nc2)c1. The Labute approximate surface area is 192 Å². The number of rotatable bonds is 11. The molecule has 3 rings (SSSR count). The average Bonchev–Trinajstić information content (AvgIpc) is 2.82. The number of aromatic nitrogens is 2. The van der Waals surface area contributed by atoms with E-state index in [0.717, 1.165) is 6.42 Å². The zero-order chi connectivity index (χ0) is 23.7. The first-order chi connectivity index (χ1) is 15.9. The molecule has 0 saturated heterocycles. The van der Waals surface area contributed by atoms with Gasteiger partial charge in [-0.2, -0.15) is 0 Å². The van der Waals surface area contributed by atoms with Crippen molar-refractivity contribution in [2.75, 3.05) is 20.3 Å². The van der Waals surface area contributed by atoms with Crippen molar-refractivity contribution >= 4 is 15.9 Å². The first kappa shape index (κ1) is 24.4. The molecular formula is C23H25FN4O4S. The second-order valence-corrected chi connectivity index (χ2v) is 9.00. The third-order valence-corrected chi connectivity index (χ3v) is 6.18. The van der Waals surface area contributed by atoms with Gasteiger partial charge in [-0.3, -0.25) is 4.79 Å². The summed E-state index contributed by atoms with van der Waals surface area (Å²) in [5.41, 5.74) is 1.37. The van der Waals surface area contributed by atoms with Crippen molar-refractivity contribution in [3.8, 4) is 11.4 Å². The van der Waals surface area contributed by atoms with Crippen LogP contribution in [0.15, 0.2) is 65.8 Å². The third-order valence-electron chi connectivity index (χ3n) is 4.73. The van der Waals surface area contributed by atoms with Crippen molar-refractivity contribution in [2.45, 2.75) is 24.3 Å². The summed E-state index contributed by atoms with van der Waals surface area (Å²) in [4.78, 5) is 20.8. The molecule has 0 bridgehead atoms. The van der Waals surface area contributed by atoms with Gasteiger partial charge in [0.1, 0.15) is 5.82 Å². The van der Waals surface area contributed by atoms with Gasteiger partial charge in [0, 0.05) is 44.8 Å². The molecule has 0 aliphatic heterocycles. The van der Waals surface area contributed by atoms with Crippen LogP contribution in [0.4, 0.5) is 4.39 Å². The van der Waals surface area contributed by atoms with Crippen LogP contribution in [-0.4, -0.2) is 44.6 Å². The van der Waals surface area contributed by atoms with Gasteiger partial charge in [-0.25, -0.2) is 27.5 Å². The highest BCUT2D eigenvalue weighted by Gasteiger charge is 2.14. The predicted octanol–water partition coefficient (Wildman–Crippen LogP) is 2.92. The largest absolute Gasteiger partial charge is 0.385 e. The van der Waals surface area contributed by atoms with Gasteiger partial charge in [-0.1, -0.05) is 24.3 Å². The van der Waals surface area contributed by atoms with Crippen molar-refractivity contribution in [1.82, 2.24) is 20.0 Å². The molecule has 174 valence electrons. The van der Waals surface area contributed by atoms with E-state index in [1.54, 1.807) is 31.4 Å². The molecule has 1 amide bonds. The van der Waals surface area contributed by atoms with Gasteiger partial charge < -0.3 is 10.1 Å². The highest BCUT2D eigenvalue weighted by Crippen LogP contribution is 2.16. The lowest BCUT2D eigenvalue weighted by atomic mass is 10.2. The van der Waals surface area contributed by atoms with E-state index in [0.29, 0.717) is 36.5 Å². The summed E-state index contributed by atoms with van der Waals surface area (Å²) in [5, 5.41) is 2.72. The van der Waals surface area contributed by atoms with Crippen LogP contribution in [0, 0.1) is 5.82 Å². The Morgan fingerprint density at radius 1 is 1.06 bits per heavy atom. The van der Waals surface area contributed by atoms with Crippen molar-refractivity contribution in [3.05, 3.63) is 77.9 Å². The Kier molecular flexibility index (Phi) is 8.58. The summed E-state index contributed by atoms with van der Waals surface area (Å²) in [6.45, 7) is 1.02. The number of carbonyl (C=O) groups excluding carboxylic acids is 1. The Hall–Kier alpha value is -3.21. The molecule has 0 aliphatic carbocycles. The molecule has 0 fully saturated rings. The Morgan fingerprint density at radius 2 is 1.82 bits per heavy atom. The monoisotopic (exact) mass is 472 g/mol. The van der Waals surface area contributed by atoms with Crippen molar-refractivity contribution in [1.29, 1.82) is 0 Å². The average molecular weight is 473 g/mol. The van der Waals surface area contributed by atoms with Gasteiger partial charge >= 0.3 is 0 Å². The molecule has 33 heavy (non-hydrogen) atoms. The highest BCUT2D eigenvalue weighted by atomic mass is 32.2. The van der Waals surface area contributed by atoms with Crippen LogP contribution in [0.5, 0.6) is 0 Å². The number of halogens is 1. The Balaban J connectivity index is 1.58. The maximum atomic E-state index is 13.4. The van der Waals surface area contributed by atoms with Crippen molar-refractivity contribution in [3.63, 3.8) is 0 Å². The number of nitrogens with zero attached hydrogens (tertiary/aromatic N) is 2. The fraction of sp³-hybridized carbons (Fsp3) is 0.261. The maximum Gasteiger partial charge on any atom is 0.254 e. The summed E-state index contributed by atoms with van der Waals surface area (Å²) in [6.07, 6.45) is 4.15. The van der Waals surface area contributed by atoms with Gasteiger partial charge in [0.25, 0.3) is 5.91 Å². The molecule has 0 atom stereocenters. The molecule has 2 N–H and O–H groups in total. The highest BCUT2D eigenvalue weighted by molar-refractivity contribution is 7.89. The minimum atomic E-state index is -3.65. The molecule has 2 aromatic carbocycles. The zero-order valence-electron chi connectivity index (χ0n) is 18.1. The summed E-state index contributed by atoms with van der Waals surface area (Å²) in [5.74, 6) is -0.507. The van der Waals surface area contributed by atoms with Gasteiger partial charge in [0.15, 0.2) is 5.82 Å². The molecule has 1 heterocycles. The Morgan fingerprint density at radius 3 is 2.55 bits per heavy atom. The maximum absolute atomic E-state index is 13.4. The van der Waals surface area contributed by atoms with Crippen LogP contribution in [0.2, 0.25) is 0 Å². The minimum absolute atomic E-state index is 0.127. The number of carbonyl (C=O) groups is 1. The van der Waals surface area contributed by atoms with E-state index in [9.17, 15) is 17.6 Å². The van der Waals surface area contributed by atoms with E-state index in [4.69, 9.17) is 4.74 Å². The number of amides is 1. The topological polar surface area (TPSA) is 110 Å². The van der Waals surface area contributed by atoms with E-state index in [1.165, 1.54) is 36.7 Å². The lowest BCUT2D eigenvalue weighted by Crippen LogP contribution is -2.26. The van der Waals surface area contributed by atoms with Crippen molar-refractivity contribution < 1.29 is 22.3 Å². The molecule has 0 aliphatic rings. The van der Waals surface area contributed by atoms with E-state index in [1.807, 2.05) is 0 Å². The van der Waals surface area contributed by atoms with Crippen LogP contribution in [0.1, 0.15) is 28.8 Å². The standard InChI is InChI=1S/C23H25FN4O4S/c1-32-11-3-2-10-28-33(30,31)21-9-4-6-17(12-21)14-27-23(29)19-15-25-22(26-16-19)18-7-5-8-20(24)13-18/h4-9,12-13,15-16,28H,2-3,10-11,14H2,1H3,(H,27,29). The molecule has 1 aromatic heterocycles. The van der Waals surface area contributed by atoms with Gasteiger partial charge in [-0.05, 0) is 42.7 Å². The number of ether oxygens (including phenoxy) is 1. The van der Waals surface area contributed by atoms with E-state index < -0.39 is 21.7 Å². The normalized spacial score (nSPS) is 11.3. The molecule has 10 heteroatoms. The summed E-state index contributed by atoms with van der Waals surface area (Å²) < 4.78 is 45.8.